The highest BCUT2D eigenvalue weighted by Gasteiger charge is 2.20. The van der Waals surface area contributed by atoms with E-state index in [0.29, 0.717) is 16.1 Å². The molecular formula is C9H11ClN2O2S2. The fourth-order valence-corrected chi connectivity index (χ4v) is 3.74. The molecule has 2 rings (SSSR count). The van der Waals surface area contributed by atoms with Gasteiger partial charge in [-0.05, 0) is 12.2 Å². The Labute approximate surface area is 107 Å². The number of rotatable bonds is 3. The van der Waals surface area contributed by atoms with Gasteiger partial charge in [0, 0.05) is 11.8 Å². The van der Waals surface area contributed by atoms with Crippen LogP contribution < -0.4 is 5.32 Å². The summed E-state index contributed by atoms with van der Waals surface area (Å²) in [5.41, 5.74) is 0. The van der Waals surface area contributed by atoms with Crippen LogP contribution >= 0.6 is 34.7 Å². The maximum absolute atomic E-state index is 11.3. The average molecular weight is 279 g/mol. The van der Waals surface area contributed by atoms with E-state index in [1.807, 2.05) is 11.8 Å². The third-order valence-electron chi connectivity index (χ3n) is 2.21. The lowest BCUT2D eigenvalue weighted by Gasteiger charge is -2.08. The molecule has 1 aromatic rings. The standard InChI is InChI=1S/C9H11ClN2O2S2/c1-14-8(13)6-7(10)12-9(16-6)11-5-2-3-15-4-5/h5H,2-4H2,1H3,(H,11,12). The second-order valence-electron chi connectivity index (χ2n) is 3.34. The van der Waals surface area contributed by atoms with Crippen LogP contribution in [0.3, 0.4) is 0 Å². The van der Waals surface area contributed by atoms with Crippen LogP contribution in [-0.2, 0) is 4.74 Å². The summed E-state index contributed by atoms with van der Waals surface area (Å²) in [5.74, 6) is 1.81. The summed E-state index contributed by atoms with van der Waals surface area (Å²) in [6, 6.07) is 0.428. The lowest BCUT2D eigenvalue weighted by Crippen LogP contribution is -2.17. The third-order valence-corrected chi connectivity index (χ3v) is 4.73. The first-order chi connectivity index (χ1) is 7.70. The summed E-state index contributed by atoms with van der Waals surface area (Å²) in [6.45, 7) is 0. The number of anilines is 1. The fourth-order valence-electron chi connectivity index (χ4n) is 1.40. The van der Waals surface area contributed by atoms with Crippen molar-refractivity contribution in [3.05, 3.63) is 10.0 Å². The van der Waals surface area contributed by atoms with Gasteiger partial charge in [-0.1, -0.05) is 22.9 Å². The molecule has 0 saturated carbocycles. The first kappa shape index (κ1) is 12.0. The third kappa shape index (κ3) is 2.61. The van der Waals surface area contributed by atoms with E-state index < -0.39 is 5.97 Å². The molecule has 0 radical (unpaired) electrons. The van der Waals surface area contributed by atoms with Crippen LogP contribution in [0.5, 0.6) is 0 Å². The van der Waals surface area contributed by atoms with Gasteiger partial charge in [-0.25, -0.2) is 9.78 Å². The molecule has 1 atom stereocenters. The van der Waals surface area contributed by atoms with Crippen LogP contribution in [0.2, 0.25) is 5.15 Å². The van der Waals surface area contributed by atoms with Crippen LogP contribution in [0.15, 0.2) is 0 Å². The molecule has 1 unspecified atom stereocenters. The zero-order chi connectivity index (χ0) is 11.5. The lowest BCUT2D eigenvalue weighted by molar-refractivity contribution is 0.0606. The smallest absolute Gasteiger partial charge is 0.351 e. The summed E-state index contributed by atoms with van der Waals surface area (Å²) in [7, 11) is 1.33. The van der Waals surface area contributed by atoms with Gasteiger partial charge in [0.05, 0.1) is 7.11 Å². The number of thiazole rings is 1. The maximum atomic E-state index is 11.3. The van der Waals surface area contributed by atoms with Crippen molar-refractivity contribution in [1.82, 2.24) is 4.98 Å². The Morgan fingerprint density at radius 1 is 1.69 bits per heavy atom. The summed E-state index contributed by atoms with van der Waals surface area (Å²) in [5, 5.41) is 4.18. The minimum atomic E-state index is -0.434. The number of nitrogens with one attached hydrogen (secondary N) is 1. The first-order valence-electron chi connectivity index (χ1n) is 4.79. The highest BCUT2D eigenvalue weighted by atomic mass is 35.5. The Morgan fingerprint density at radius 3 is 3.12 bits per heavy atom. The van der Waals surface area contributed by atoms with E-state index >= 15 is 0 Å². The molecule has 0 spiro atoms. The Hall–Kier alpha value is -0.460. The average Bonchev–Trinajstić information content (AvgIpc) is 2.88. The zero-order valence-corrected chi connectivity index (χ0v) is 11.0. The van der Waals surface area contributed by atoms with E-state index in [-0.39, 0.29) is 5.15 Å². The quantitative estimate of drug-likeness (QED) is 0.861. The number of thioether (sulfide) groups is 1. The SMILES string of the molecule is COC(=O)c1sc(NC2CCSC2)nc1Cl. The predicted octanol–water partition coefficient (Wildman–Crippen LogP) is 2.50. The summed E-state index contributed by atoms with van der Waals surface area (Å²) >= 11 is 9.01. The number of halogens is 1. The van der Waals surface area contributed by atoms with Crippen molar-refractivity contribution in [3.8, 4) is 0 Å². The molecule has 16 heavy (non-hydrogen) atoms. The van der Waals surface area contributed by atoms with Gasteiger partial charge < -0.3 is 10.1 Å². The minimum Gasteiger partial charge on any atom is -0.465 e. The summed E-state index contributed by atoms with van der Waals surface area (Å²) in [4.78, 5) is 15.8. The van der Waals surface area contributed by atoms with E-state index in [1.54, 1.807) is 0 Å². The molecule has 1 aromatic heterocycles. The number of hydrogen-bond acceptors (Lipinski definition) is 6. The second-order valence-corrected chi connectivity index (χ2v) is 5.84. The van der Waals surface area contributed by atoms with Gasteiger partial charge in [-0.15, -0.1) is 0 Å². The Balaban J connectivity index is 2.07. The van der Waals surface area contributed by atoms with Crippen LogP contribution in [0.4, 0.5) is 5.13 Å². The molecule has 1 saturated heterocycles. The molecule has 1 aliphatic heterocycles. The summed E-state index contributed by atoms with van der Waals surface area (Å²) < 4.78 is 4.62. The second kappa shape index (κ2) is 5.25. The molecule has 4 nitrogen and oxygen atoms in total. The number of carbonyl (C=O) groups is 1. The van der Waals surface area contributed by atoms with Crippen molar-refractivity contribution in [2.75, 3.05) is 23.9 Å². The van der Waals surface area contributed by atoms with Crippen LogP contribution in [0.1, 0.15) is 16.1 Å². The molecule has 1 N–H and O–H groups in total. The van der Waals surface area contributed by atoms with E-state index in [4.69, 9.17) is 11.6 Å². The first-order valence-corrected chi connectivity index (χ1v) is 7.14. The fraction of sp³-hybridized carbons (Fsp3) is 0.556. The van der Waals surface area contributed by atoms with Gasteiger partial charge in [0.2, 0.25) is 0 Å². The number of nitrogens with zero attached hydrogens (tertiary/aromatic N) is 1. The van der Waals surface area contributed by atoms with Crippen molar-refractivity contribution in [3.63, 3.8) is 0 Å². The van der Waals surface area contributed by atoms with E-state index in [0.717, 1.165) is 12.2 Å². The molecule has 0 aromatic carbocycles. The van der Waals surface area contributed by atoms with Crippen LogP contribution in [-0.4, -0.2) is 35.6 Å². The van der Waals surface area contributed by atoms with Gasteiger partial charge in [-0.2, -0.15) is 11.8 Å². The highest BCUT2D eigenvalue weighted by Crippen LogP contribution is 2.29. The Kier molecular flexibility index (Phi) is 3.94. The normalized spacial score (nSPS) is 19.8. The van der Waals surface area contributed by atoms with E-state index in [1.165, 1.54) is 24.2 Å². The molecule has 2 heterocycles. The molecule has 1 fully saturated rings. The molecule has 0 amide bonds. The molecular weight excluding hydrogens is 268 g/mol. The molecule has 88 valence electrons. The van der Waals surface area contributed by atoms with Crippen LogP contribution in [0.25, 0.3) is 0 Å². The maximum Gasteiger partial charge on any atom is 0.351 e. The predicted molar refractivity (Wildman–Crippen MR) is 67.8 cm³/mol. The van der Waals surface area contributed by atoms with Crippen LogP contribution in [0, 0.1) is 0 Å². The van der Waals surface area contributed by atoms with Crippen molar-refractivity contribution < 1.29 is 9.53 Å². The van der Waals surface area contributed by atoms with E-state index in [2.05, 4.69) is 15.0 Å². The van der Waals surface area contributed by atoms with Crippen molar-refractivity contribution in [2.24, 2.45) is 0 Å². The van der Waals surface area contributed by atoms with E-state index in [9.17, 15) is 4.79 Å². The Bertz CT molecular complexity index is 391. The zero-order valence-electron chi connectivity index (χ0n) is 8.66. The van der Waals surface area contributed by atoms with Gasteiger partial charge in [0.15, 0.2) is 15.2 Å². The number of carbonyl (C=O) groups excluding carboxylic acids is 1. The topological polar surface area (TPSA) is 51.2 Å². The largest absolute Gasteiger partial charge is 0.465 e. The number of esters is 1. The van der Waals surface area contributed by atoms with Crippen molar-refractivity contribution in [1.29, 1.82) is 0 Å². The number of hydrogen-bond donors (Lipinski definition) is 1. The molecule has 7 heteroatoms. The number of ether oxygens (including phenoxy) is 1. The van der Waals surface area contributed by atoms with Crippen molar-refractivity contribution in [2.45, 2.75) is 12.5 Å². The van der Waals surface area contributed by atoms with Crippen molar-refractivity contribution >= 4 is 45.8 Å². The molecule has 0 aliphatic carbocycles. The Morgan fingerprint density at radius 2 is 2.50 bits per heavy atom. The number of methoxy groups -OCH3 is 1. The highest BCUT2D eigenvalue weighted by molar-refractivity contribution is 7.99. The van der Waals surface area contributed by atoms with Gasteiger partial charge >= 0.3 is 5.97 Å². The molecule has 1 aliphatic rings. The monoisotopic (exact) mass is 278 g/mol. The lowest BCUT2D eigenvalue weighted by atomic mass is 10.3. The van der Waals surface area contributed by atoms with Gasteiger partial charge in [-0.3, -0.25) is 0 Å². The summed E-state index contributed by atoms with van der Waals surface area (Å²) in [6.07, 6.45) is 1.12. The molecule has 0 bridgehead atoms. The minimum absolute atomic E-state index is 0.213. The number of aromatic nitrogens is 1. The van der Waals surface area contributed by atoms with Gasteiger partial charge in [0.1, 0.15) is 0 Å². The van der Waals surface area contributed by atoms with Gasteiger partial charge in [0.25, 0.3) is 0 Å².